The molecule has 70 valence electrons. The summed E-state index contributed by atoms with van der Waals surface area (Å²) in [5.74, 6) is 0. The molecule has 1 nitrogen and oxygen atoms in total. The molecule has 0 saturated carbocycles. The van der Waals surface area contributed by atoms with E-state index in [1.165, 1.54) is 11.1 Å². The molecular weight excluding hydrogens is 160 g/mol. The van der Waals surface area contributed by atoms with E-state index in [2.05, 4.69) is 12.6 Å². The van der Waals surface area contributed by atoms with Crippen molar-refractivity contribution in [2.24, 2.45) is 0 Å². The molecule has 0 aliphatic rings. The van der Waals surface area contributed by atoms with Crippen LogP contribution in [0.15, 0.2) is 30.4 Å². The van der Waals surface area contributed by atoms with Crippen LogP contribution < -0.4 is 0 Å². The highest BCUT2D eigenvalue weighted by molar-refractivity contribution is 5.32. The van der Waals surface area contributed by atoms with Gasteiger partial charge < -0.3 is 5.11 Å². The van der Waals surface area contributed by atoms with E-state index in [1.54, 1.807) is 0 Å². The van der Waals surface area contributed by atoms with Crippen molar-refractivity contribution in [3.05, 3.63) is 47.0 Å². The van der Waals surface area contributed by atoms with Crippen molar-refractivity contribution in [1.29, 1.82) is 0 Å². The summed E-state index contributed by atoms with van der Waals surface area (Å²) in [4.78, 5) is 0. The van der Waals surface area contributed by atoms with Crippen molar-refractivity contribution >= 4 is 0 Å². The van der Waals surface area contributed by atoms with E-state index in [0.717, 1.165) is 11.1 Å². The Balaban J connectivity index is 3.07. The summed E-state index contributed by atoms with van der Waals surface area (Å²) in [5.41, 5.74) is 4.07. The molecule has 0 radical (unpaired) electrons. The number of hydrogen-bond donors (Lipinski definition) is 1. The van der Waals surface area contributed by atoms with E-state index in [4.69, 9.17) is 0 Å². The first kappa shape index (κ1) is 10.0. The van der Waals surface area contributed by atoms with E-state index in [0.29, 0.717) is 0 Å². The predicted octanol–water partition coefficient (Wildman–Crippen LogP) is 2.91. The standard InChI is InChI=1S/C12H16O/c1-8(2)12(13)11-6-9(3)5-10(4)7-11/h5-7,12-13H,1H2,2-4H3. The van der Waals surface area contributed by atoms with Crippen LogP contribution in [0.3, 0.4) is 0 Å². The molecule has 1 aromatic rings. The molecule has 0 heterocycles. The van der Waals surface area contributed by atoms with Crippen molar-refractivity contribution < 1.29 is 5.11 Å². The van der Waals surface area contributed by atoms with Gasteiger partial charge in [0.15, 0.2) is 0 Å². The average Bonchev–Trinajstić information content (AvgIpc) is 2.01. The predicted molar refractivity (Wildman–Crippen MR) is 55.7 cm³/mol. The zero-order valence-corrected chi connectivity index (χ0v) is 8.46. The van der Waals surface area contributed by atoms with E-state index < -0.39 is 6.10 Å². The maximum atomic E-state index is 9.75. The quantitative estimate of drug-likeness (QED) is 0.687. The molecule has 0 aliphatic heterocycles. The summed E-state index contributed by atoms with van der Waals surface area (Å²) < 4.78 is 0. The second-order valence-corrected chi connectivity index (χ2v) is 3.67. The molecule has 1 atom stereocenters. The summed E-state index contributed by atoms with van der Waals surface area (Å²) in [6, 6.07) is 6.08. The van der Waals surface area contributed by atoms with E-state index >= 15 is 0 Å². The van der Waals surface area contributed by atoms with Gasteiger partial charge in [-0.2, -0.15) is 0 Å². The molecule has 0 spiro atoms. The first-order valence-corrected chi connectivity index (χ1v) is 4.42. The normalized spacial score (nSPS) is 12.6. The third kappa shape index (κ3) is 2.43. The number of rotatable bonds is 2. The van der Waals surface area contributed by atoms with Gasteiger partial charge in [-0.15, -0.1) is 0 Å². The lowest BCUT2D eigenvalue weighted by atomic mass is 10.00. The smallest absolute Gasteiger partial charge is 0.0995 e. The van der Waals surface area contributed by atoms with Crippen LogP contribution in [0.5, 0.6) is 0 Å². The molecule has 1 rings (SSSR count). The Morgan fingerprint density at radius 1 is 1.23 bits per heavy atom. The summed E-state index contributed by atoms with van der Waals surface area (Å²) >= 11 is 0. The monoisotopic (exact) mass is 176 g/mol. The molecule has 13 heavy (non-hydrogen) atoms. The summed E-state index contributed by atoms with van der Waals surface area (Å²) in [5, 5.41) is 9.75. The van der Waals surface area contributed by atoms with Crippen LogP contribution in [0.4, 0.5) is 0 Å². The molecule has 1 unspecified atom stereocenters. The average molecular weight is 176 g/mol. The fourth-order valence-corrected chi connectivity index (χ4v) is 1.45. The van der Waals surface area contributed by atoms with Gasteiger partial charge in [-0.3, -0.25) is 0 Å². The number of hydrogen-bond acceptors (Lipinski definition) is 1. The third-order valence-electron chi connectivity index (χ3n) is 2.03. The molecule has 1 heteroatoms. The number of aliphatic hydroxyl groups is 1. The van der Waals surface area contributed by atoms with Crippen LogP contribution in [0.1, 0.15) is 29.7 Å². The Labute approximate surface area is 79.7 Å². The highest BCUT2D eigenvalue weighted by Gasteiger charge is 2.08. The lowest BCUT2D eigenvalue weighted by molar-refractivity contribution is 0.216. The van der Waals surface area contributed by atoms with Crippen LogP contribution in [0.2, 0.25) is 0 Å². The maximum absolute atomic E-state index is 9.75. The van der Waals surface area contributed by atoms with Gasteiger partial charge in [0.25, 0.3) is 0 Å². The zero-order chi connectivity index (χ0) is 10.0. The Bertz CT molecular complexity index is 306. The van der Waals surface area contributed by atoms with Gasteiger partial charge in [-0.05, 0) is 31.9 Å². The van der Waals surface area contributed by atoms with E-state index in [1.807, 2.05) is 32.9 Å². The Kier molecular flexibility index (Phi) is 2.89. The van der Waals surface area contributed by atoms with Crippen LogP contribution in [-0.2, 0) is 0 Å². The Morgan fingerprint density at radius 3 is 2.08 bits per heavy atom. The first-order chi connectivity index (χ1) is 6.00. The number of aryl methyl sites for hydroxylation is 2. The van der Waals surface area contributed by atoms with Crippen LogP contribution in [0, 0.1) is 13.8 Å². The highest BCUT2D eigenvalue weighted by Crippen LogP contribution is 2.21. The molecule has 0 aliphatic carbocycles. The zero-order valence-electron chi connectivity index (χ0n) is 8.46. The van der Waals surface area contributed by atoms with Crippen molar-refractivity contribution in [2.75, 3.05) is 0 Å². The second kappa shape index (κ2) is 3.75. The Hall–Kier alpha value is -1.08. The largest absolute Gasteiger partial charge is 0.384 e. The topological polar surface area (TPSA) is 20.2 Å². The van der Waals surface area contributed by atoms with Gasteiger partial charge in [-0.25, -0.2) is 0 Å². The molecule has 0 saturated heterocycles. The lowest BCUT2D eigenvalue weighted by Crippen LogP contribution is -1.98. The van der Waals surface area contributed by atoms with Gasteiger partial charge in [0, 0.05) is 0 Å². The van der Waals surface area contributed by atoms with Crippen LogP contribution >= 0.6 is 0 Å². The maximum Gasteiger partial charge on any atom is 0.0995 e. The Morgan fingerprint density at radius 2 is 1.69 bits per heavy atom. The van der Waals surface area contributed by atoms with Gasteiger partial charge in [-0.1, -0.05) is 35.9 Å². The molecule has 0 amide bonds. The lowest BCUT2D eigenvalue weighted by Gasteiger charge is -2.12. The van der Waals surface area contributed by atoms with Gasteiger partial charge in [0.2, 0.25) is 0 Å². The van der Waals surface area contributed by atoms with Crippen LogP contribution in [-0.4, -0.2) is 5.11 Å². The van der Waals surface area contributed by atoms with Gasteiger partial charge in [0.1, 0.15) is 0 Å². The number of aliphatic hydroxyl groups excluding tert-OH is 1. The molecule has 0 aromatic heterocycles. The van der Waals surface area contributed by atoms with Crippen molar-refractivity contribution in [2.45, 2.75) is 26.9 Å². The fourth-order valence-electron chi connectivity index (χ4n) is 1.45. The van der Waals surface area contributed by atoms with Gasteiger partial charge in [0.05, 0.1) is 6.10 Å². The minimum absolute atomic E-state index is 0.529. The fraction of sp³-hybridized carbons (Fsp3) is 0.333. The summed E-state index contributed by atoms with van der Waals surface area (Å²) in [7, 11) is 0. The molecule has 0 bridgehead atoms. The third-order valence-corrected chi connectivity index (χ3v) is 2.03. The van der Waals surface area contributed by atoms with Crippen molar-refractivity contribution in [3.8, 4) is 0 Å². The summed E-state index contributed by atoms with van der Waals surface area (Å²) in [6.07, 6.45) is -0.529. The summed E-state index contributed by atoms with van der Waals surface area (Å²) in [6.45, 7) is 9.64. The molecule has 1 aromatic carbocycles. The van der Waals surface area contributed by atoms with E-state index in [-0.39, 0.29) is 0 Å². The van der Waals surface area contributed by atoms with Crippen LogP contribution in [0.25, 0.3) is 0 Å². The molecule has 0 fully saturated rings. The minimum atomic E-state index is -0.529. The number of benzene rings is 1. The van der Waals surface area contributed by atoms with E-state index in [9.17, 15) is 5.11 Å². The first-order valence-electron chi connectivity index (χ1n) is 4.42. The van der Waals surface area contributed by atoms with Crippen molar-refractivity contribution in [3.63, 3.8) is 0 Å². The minimum Gasteiger partial charge on any atom is -0.384 e. The highest BCUT2D eigenvalue weighted by atomic mass is 16.3. The van der Waals surface area contributed by atoms with Crippen molar-refractivity contribution in [1.82, 2.24) is 0 Å². The van der Waals surface area contributed by atoms with Gasteiger partial charge >= 0.3 is 0 Å². The second-order valence-electron chi connectivity index (χ2n) is 3.67. The molecule has 1 N–H and O–H groups in total. The molecular formula is C12H16O. The SMILES string of the molecule is C=C(C)C(O)c1cc(C)cc(C)c1.